The molecule has 0 N–H and O–H groups in total. The predicted octanol–water partition coefficient (Wildman–Crippen LogP) is 2.91. The number of furan rings is 1. The van der Waals surface area contributed by atoms with Gasteiger partial charge in [0, 0.05) is 31.2 Å². The Labute approximate surface area is 157 Å². The number of carbonyl (C=O) groups is 2. The number of rotatable bonds is 4. The molecule has 0 spiro atoms. The molecule has 1 aliphatic rings. The normalized spacial score (nSPS) is 16.3. The van der Waals surface area contributed by atoms with Crippen LogP contribution in [0.15, 0.2) is 41.0 Å². The molecule has 1 aromatic heterocycles. The molecule has 0 aliphatic carbocycles. The number of methoxy groups -OCH3 is 1. The van der Waals surface area contributed by atoms with Crippen molar-refractivity contribution in [2.75, 3.05) is 33.3 Å². The quantitative estimate of drug-likeness (QED) is 0.768. The van der Waals surface area contributed by atoms with Crippen LogP contribution >= 0.6 is 11.6 Å². The van der Waals surface area contributed by atoms with Crippen molar-refractivity contribution in [3.63, 3.8) is 0 Å². The zero-order valence-corrected chi connectivity index (χ0v) is 15.5. The zero-order chi connectivity index (χ0) is 18.7. The number of ether oxygens (including phenoxy) is 1. The fourth-order valence-electron chi connectivity index (χ4n) is 3.21. The lowest BCUT2D eigenvalue weighted by atomic mass is 10.0. The zero-order valence-electron chi connectivity index (χ0n) is 14.8. The lowest BCUT2D eigenvalue weighted by molar-refractivity contribution is -0.148. The van der Waals surface area contributed by atoms with E-state index in [1.54, 1.807) is 30.0 Å². The number of esters is 1. The minimum atomic E-state index is -0.509. The van der Waals surface area contributed by atoms with Crippen LogP contribution in [-0.4, -0.2) is 55.0 Å². The van der Waals surface area contributed by atoms with Crippen LogP contribution in [0.1, 0.15) is 27.7 Å². The monoisotopic (exact) mass is 376 g/mol. The van der Waals surface area contributed by atoms with Crippen LogP contribution in [0.3, 0.4) is 0 Å². The summed E-state index contributed by atoms with van der Waals surface area (Å²) >= 11 is 5.95. The number of piperazine rings is 1. The molecule has 2 heterocycles. The number of halogens is 1. The van der Waals surface area contributed by atoms with Gasteiger partial charge in [0.05, 0.1) is 18.9 Å². The van der Waals surface area contributed by atoms with Gasteiger partial charge < -0.3 is 14.1 Å². The van der Waals surface area contributed by atoms with Gasteiger partial charge in [-0.15, -0.1) is 0 Å². The summed E-state index contributed by atoms with van der Waals surface area (Å²) in [5.74, 6) is 0.251. The van der Waals surface area contributed by atoms with Crippen LogP contribution in [0.2, 0.25) is 5.02 Å². The van der Waals surface area contributed by atoms with Gasteiger partial charge in [0.1, 0.15) is 11.8 Å². The Hall–Kier alpha value is -2.31. The second-order valence-corrected chi connectivity index (χ2v) is 6.63. The standard InChI is InChI=1S/C19H21ClN2O4/c1-13-16(7-12-26-13)18(23)22-10-8-21(9-11-22)17(19(24)25-2)14-3-5-15(20)6-4-14/h3-7,12,17H,8-11H2,1-2H3. The van der Waals surface area contributed by atoms with Gasteiger partial charge in [-0.05, 0) is 30.7 Å². The fraction of sp³-hybridized carbons (Fsp3) is 0.368. The minimum absolute atomic E-state index is 0.0444. The molecule has 138 valence electrons. The predicted molar refractivity (Wildman–Crippen MR) is 97.1 cm³/mol. The molecule has 0 radical (unpaired) electrons. The van der Waals surface area contributed by atoms with Gasteiger partial charge in [-0.1, -0.05) is 23.7 Å². The van der Waals surface area contributed by atoms with Crippen molar-refractivity contribution in [3.8, 4) is 0 Å². The molecule has 1 aliphatic heterocycles. The Kier molecular flexibility index (Phi) is 5.64. The van der Waals surface area contributed by atoms with E-state index in [0.29, 0.717) is 42.5 Å². The minimum Gasteiger partial charge on any atom is -0.469 e. The maximum absolute atomic E-state index is 12.6. The highest BCUT2D eigenvalue weighted by Gasteiger charge is 2.33. The largest absolute Gasteiger partial charge is 0.469 e. The van der Waals surface area contributed by atoms with Crippen LogP contribution in [0, 0.1) is 6.92 Å². The van der Waals surface area contributed by atoms with Gasteiger partial charge in [0.25, 0.3) is 5.91 Å². The molecule has 3 rings (SSSR count). The Morgan fingerprint density at radius 1 is 1.12 bits per heavy atom. The smallest absolute Gasteiger partial charge is 0.327 e. The third-order valence-corrected chi connectivity index (χ3v) is 4.92. The Morgan fingerprint density at radius 2 is 1.77 bits per heavy atom. The molecule has 7 heteroatoms. The summed E-state index contributed by atoms with van der Waals surface area (Å²) in [5.41, 5.74) is 1.41. The maximum atomic E-state index is 12.6. The van der Waals surface area contributed by atoms with E-state index in [2.05, 4.69) is 0 Å². The summed E-state index contributed by atoms with van der Waals surface area (Å²) < 4.78 is 10.2. The Balaban J connectivity index is 1.71. The third kappa shape index (κ3) is 3.76. The number of carbonyl (C=O) groups excluding carboxylic acids is 2. The molecule has 26 heavy (non-hydrogen) atoms. The molecule has 1 aromatic carbocycles. The number of amides is 1. The molecule has 1 saturated heterocycles. The molecular weight excluding hydrogens is 356 g/mol. The lowest BCUT2D eigenvalue weighted by Crippen LogP contribution is -2.51. The molecule has 1 unspecified atom stereocenters. The first kappa shape index (κ1) is 18.5. The van der Waals surface area contributed by atoms with E-state index in [4.69, 9.17) is 20.8 Å². The summed E-state index contributed by atoms with van der Waals surface area (Å²) in [7, 11) is 1.38. The topological polar surface area (TPSA) is 63.0 Å². The first-order chi connectivity index (χ1) is 12.5. The van der Waals surface area contributed by atoms with Crippen LogP contribution in [0.5, 0.6) is 0 Å². The van der Waals surface area contributed by atoms with Crippen molar-refractivity contribution in [2.45, 2.75) is 13.0 Å². The summed E-state index contributed by atoms with van der Waals surface area (Å²) in [6.07, 6.45) is 1.52. The van der Waals surface area contributed by atoms with Gasteiger partial charge >= 0.3 is 5.97 Å². The maximum Gasteiger partial charge on any atom is 0.327 e. The van der Waals surface area contributed by atoms with E-state index in [9.17, 15) is 9.59 Å². The summed E-state index contributed by atoms with van der Waals surface area (Å²) in [6.45, 7) is 3.99. The molecule has 0 bridgehead atoms. The van der Waals surface area contributed by atoms with E-state index in [-0.39, 0.29) is 11.9 Å². The first-order valence-corrected chi connectivity index (χ1v) is 8.79. The number of hydrogen-bond acceptors (Lipinski definition) is 5. The van der Waals surface area contributed by atoms with E-state index in [1.165, 1.54) is 13.4 Å². The number of benzene rings is 1. The van der Waals surface area contributed by atoms with Crippen molar-refractivity contribution in [3.05, 3.63) is 58.5 Å². The van der Waals surface area contributed by atoms with Crippen molar-refractivity contribution in [1.82, 2.24) is 9.80 Å². The molecule has 6 nitrogen and oxygen atoms in total. The molecule has 0 saturated carbocycles. The van der Waals surface area contributed by atoms with Gasteiger partial charge in [0.15, 0.2) is 0 Å². The van der Waals surface area contributed by atoms with Crippen LogP contribution in [-0.2, 0) is 9.53 Å². The van der Waals surface area contributed by atoms with E-state index < -0.39 is 6.04 Å². The average molecular weight is 377 g/mol. The summed E-state index contributed by atoms with van der Waals surface area (Å²) in [5, 5.41) is 0.614. The van der Waals surface area contributed by atoms with Crippen molar-refractivity contribution in [2.24, 2.45) is 0 Å². The van der Waals surface area contributed by atoms with Gasteiger partial charge in [-0.3, -0.25) is 9.69 Å². The fourth-order valence-corrected chi connectivity index (χ4v) is 3.34. The third-order valence-electron chi connectivity index (χ3n) is 4.67. The molecular formula is C19H21ClN2O4. The summed E-state index contributed by atoms with van der Waals surface area (Å²) in [4.78, 5) is 28.8. The first-order valence-electron chi connectivity index (χ1n) is 8.42. The highest BCUT2D eigenvalue weighted by Crippen LogP contribution is 2.25. The average Bonchev–Trinajstić information content (AvgIpc) is 3.09. The van der Waals surface area contributed by atoms with Gasteiger partial charge in [0.2, 0.25) is 0 Å². The molecule has 1 amide bonds. The number of nitrogens with zero attached hydrogens (tertiary/aromatic N) is 2. The van der Waals surface area contributed by atoms with Gasteiger partial charge in [-0.2, -0.15) is 0 Å². The van der Waals surface area contributed by atoms with Crippen molar-refractivity contribution >= 4 is 23.5 Å². The van der Waals surface area contributed by atoms with Crippen molar-refractivity contribution in [1.29, 1.82) is 0 Å². The Bertz CT molecular complexity index is 779. The second kappa shape index (κ2) is 7.93. The second-order valence-electron chi connectivity index (χ2n) is 6.20. The highest BCUT2D eigenvalue weighted by molar-refractivity contribution is 6.30. The van der Waals surface area contributed by atoms with E-state index in [1.807, 2.05) is 17.0 Å². The van der Waals surface area contributed by atoms with E-state index in [0.717, 1.165) is 5.56 Å². The summed E-state index contributed by atoms with van der Waals surface area (Å²) in [6, 6.07) is 8.36. The number of hydrogen-bond donors (Lipinski definition) is 0. The van der Waals surface area contributed by atoms with Crippen LogP contribution < -0.4 is 0 Å². The molecule has 1 atom stereocenters. The van der Waals surface area contributed by atoms with Gasteiger partial charge in [-0.25, -0.2) is 4.79 Å². The van der Waals surface area contributed by atoms with Crippen LogP contribution in [0.25, 0.3) is 0 Å². The van der Waals surface area contributed by atoms with E-state index >= 15 is 0 Å². The number of aryl methyl sites for hydroxylation is 1. The SMILES string of the molecule is COC(=O)C(c1ccc(Cl)cc1)N1CCN(C(=O)c2ccoc2C)CC1. The highest BCUT2D eigenvalue weighted by atomic mass is 35.5. The molecule has 1 fully saturated rings. The molecule has 2 aromatic rings. The van der Waals surface area contributed by atoms with Crippen molar-refractivity contribution < 1.29 is 18.7 Å². The Morgan fingerprint density at radius 3 is 2.31 bits per heavy atom. The lowest BCUT2D eigenvalue weighted by Gasteiger charge is -2.38. The van der Waals surface area contributed by atoms with Crippen LogP contribution in [0.4, 0.5) is 0 Å².